The molecule has 0 aromatic heterocycles. The molecule has 84 valence electrons. The van der Waals surface area contributed by atoms with Crippen LogP contribution in [0.2, 0.25) is 0 Å². The lowest BCUT2D eigenvalue weighted by Crippen LogP contribution is -2.08. The van der Waals surface area contributed by atoms with Gasteiger partial charge in [0.25, 0.3) is 5.69 Å². The molecule has 0 aliphatic carbocycles. The molecule has 1 rings (SSSR count). The summed E-state index contributed by atoms with van der Waals surface area (Å²) in [6.07, 6.45) is 0.558. The zero-order valence-electron chi connectivity index (χ0n) is 8.75. The van der Waals surface area contributed by atoms with Gasteiger partial charge in [-0.1, -0.05) is 18.7 Å². The third-order valence-corrected chi connectivity index (χ3v) is 1.95. The molecule has 0 saturated carbocycles. The molecule has 5 nitrogen and oxygen atoms in total. The van der Waals surface area contributed by atoms with E-state index in [-0.39, 0.29) is 5.69 Å². The number of hydrogen-bond donors (Lipinski definition) is 0. The first kappa shape index (κ1) is 11.9. The Hall–Kier alpha value is -2.17. The van der Waals surface area contributed by atoms with Crippen molar-refractivity contribution in [3.63, 3.8) is 0 Å². The second-order valence-corrected chi connectivity index (χ2v) is 3.08. The highest BCUT2D eigenvalue weighted by molar-refractivity contribution is 5.67. The molecule has 0 fully saturated rings. The summed E-state index contributed by atoms with van der Waals surface area (Å²) in [7, 11) is 0. The van der Waals surface area contributed by atoms with Crippen molar-refractivity contribution >= 4 is 11.7 Å². The van der Waals surface area contributed by atoms with Crippen LogP contribution < -0.4 is 0 Å². The molecule has 0 aliphatic rings. The third-order valence-electron chi connectivity index (χ3n) is 1.95. The Kier molecular flexibility index (Phi) is 3.77. The minimum atomic E-state index is -0.793. The van der Waals surface area contributed by atoms with Crippen molar-refractivity contribution in [3.05, 3.63) is 52.6 Å². The summed E-state index contributed by atoms with van der Waals surface area (Å²) in [4.78, 5) is 21.1. The van der Waals surface area contributed by atoms with Gasteiger partial charge in [-0.2, -0.15) is 0 Å². The summed E-state index contributed by atoms with van der Waals surface area (Å²) in [5.41, 5.74) is 0.228. The van der Waals surface area contributed by atoms with E-state index in [0.29, 0.717) is 5.56 Å². The highest BCUT2D eigenvalue weighted by Crippen LogP contribution is 2.27. The minimum Gasteiger partial charge on any atom is -0.453 e. The zero-order valence-corrected chi connectivity index (χ0v) is 8.75. The number of benzene rings is 1. The first-order valence-corrected chi connectivity index (χ1v) is 4.59. The van der Waals surface area contributed by atoms with Gasteiger partial charge in [0.2, 0.25) is 0 Å². The fourth-order valence-electron chi connectivity index (χ4n) is 1.31. The van der Waals surface area contributed by atoms with Crippen LogP contribution in [0, 0.1) is 10.1 Å². The lowest BCUT2D eigenvalue weighted by Gasteiger charge is -2.12. The number of para-hydroxylation sites is 1. The van der Waals surface area contributed by atoms with Gasteiger partial charge in [0.1, 0.15) is 0 Å². The van der Waals surface area contributed by atoms with Crippen molar-refractivity contribution in [1.29, 1.82) is 0 Å². The van der Waals surface area contributed by atoms with Gasteiger partial charge in [-0.25, -0.2) is 0 Å². The highest BCUT2D eigenvalue weighted by Gasteiger charge is 2.21. The number of rotatable bonds is 4. The van der Waals surface area contributed by atoms with Crippen LogP contribution in [0.3, 0.4) is 0 Å². The minimum absolute atomic E-state index is 0.0892. The number of nitro groups is 1. The second kappa shape index (κ2) is 5.06. The van der Waals surface area contributed by atoms with Crippen LogP contribution in [0.5, 0.6) is 0 Å². The summed E-state index contributed by atoms with van der Waals surface area (Å²) in [5, 5.41) is 10.8. The monoisotopic (exact) mass is 221 g/mol. The Balaban J connectivity index is 3.13. The summed E-state index contributed by atoms with van der Waals surface area (Å²) in [6, 6.07) is 6.08. The van der Waals surface area contributed by atoms with Crippen LogP contribution in [0.1, 0.15) is 18.6 Å². The van der Waals surface area contributed by atoms with Crippen molar-refractivity contribution in [2.45, 2.75) is 13.0 Å². The van der Waals surface area contributed by atoms with Gasteiger partial charge in [0.05, 0.1) is 10.5 Å². The number of carbonyl (C=O) groups excluding carboxylic acids is 1. The van der Waals surface area contributed by atoms with Gasteiger partial charge < -0.3 is 4.74 Å². The maximum atomic E-state index is 10.8. The Morgan fingerprint density at radius 1 is 1.56 bits per heavy atom. The van der Waals surface area contributed by atoms with E-state index >= 15 is 0 Å². The van der Waals surface area contributed by atoms with Crippen molar-refractivity contribution in [1.82, 2.24) is 0 Å². The Morgan fingerprint density at radius 3 is 2.69 bits per heavy atom. The Morgan fingerprint density at radius 2 is 2.19 bits per heavy atom. The van der Waals surface area contributed by atoms with Crippen LogP contribution in [0.4, 0.5) is 5.69 Å². The molecule has 0 spiro atoms. The summed E-state index contributed by atoms with van der Waals surface area (Å²) in [6.45, 7) is 4.73. The maximum absolute atomic E-state index is 10.8. The number of hydrogen-bond acceptors (Lipinski definition) is 4. The van der Waals surface area contributed by atoms with Gasteiger partial charge in [-0.3, -0.25) is 14.9 Å². The first-order valence-electron chi connectivity index (χ1n) is 4.59. The molecule has 1 aromatic rings. The van der Waals surface area contributed by atoms with Crippen LogP contribution in [0.25, 0.3) is 0 Å². The molecule has 1 aromatic carbocycles. The van der Waals surface area contributed by atoms with Crippen molar-refractivity contribution in [3.8, 4) is 0 Å². The smallest absolute Gasteiger partial charge is 0.303 e. The SMILES string of the molecule is C=CC(OC(C)=O)c1ccccc1[N+](=O)[O-]. The van der Waals surface area contributed by atoms with E-state index in [2.05, 4.69) is 6.58 Å². The number of ether oxygens (including phenoxy) is 1. The topological polar surface area (TPSA) is 69.4 Å². The average Bonchev–Trinajstić information content (AvgIpc) is 2.25. The van der Waals surface area contributed by atoms with E-state index in [1.165, 1.54) is 25.1 Å². The Bertz CT molecular complexity index is 428. The molecular weight excluding hydrogens is 210 g/mol. The fraction of sp³-hybridized carbons (Fsp3) is 0.182. The van der Waals surface area contributed by atoms with E-state index < -0.39 is 17.0 Å². The fourth-order valence-corrected chi connectivity index (χ4v) is 1.31. The zero-order chi connectivity index (χ0) is 12.1. The largest absolute Gasteiger partial charge is 0.453 e. The molecular formula is C11H11NO4. The predicted molar refractivity (Wildman–Crippen MR) is 57.8 cm³/mol. The molecule has 0 bridgehead atoms. The predicted octanol–water partition coefficient (Wildman–Crippen LogP) is 2.39. The van der Waals surface area contributed by atoms with Crippen molar-refractivity contribution in [2.75, 3.05) is 0 Å². The van der Waals surface area contributed by atoms with Gasteiger partial charge in [-0.15, -0.1) is 0 Å². The summed E-state index contributed by atoms with van der Waals surface area (Å²) < 4.78 is 4.91. The van der Waals surface area contributed by atoms with Crippen LogP contribution >= 0.6 is 0 Å². The van der Waals surface area contributed by atoms with E-state index in [1.807, 2.05) is 0 Å². The molecule has 0 radical (unpaired) electrons. The van der Waals surface area contributed by atoms with E-state index in [4.69, 9.17) is 4.74 Å². The number of esters is 1. The van der Waals surface area contributed by atoms with Crippen LogP contribution in [-0.2, 0) is 9.53 Å². The van der Waals surface area contributed by atoms with E-state index in [1.54, 1.807) is 12.1 Å². The van der Waals surface area contributed by atoms with Gasteiger partial charge in [0, 0.05) is 13.0 Å². The molecule has 16 heavy (non-hydrogen) atoms. The quantitative estimate of drug-likeness (QED) is 0.339. The van der Waals surface area contributed by atoms with Crippen LogP contribution in [0.15, 0.2) is 36.9 Å². The van der Waals surface area contributed by atoms with Gasteiger partial charge >= 0.3 is 5.97 Å². The normalized spacial score (nSPS) is 11.6. The highest BCUT2D eigenvalue weighted by atomic mass is 16.6. The lowest BCUT2D eigenvalue weighted by molar-refractivity contribution is -0.386. The molecule has 0 heterocycles. The second-order valence-electron chi connectivity index (χ2n) is 3.08. The maximum Gasteiger partial charge on any atom is 0.303 e. The van der Waals surface area contributed by atoms with E-state index in [0.717, 1.165) is 0 Å². The molecule has 1 atom stereocenters. The Labute approximate surface area is 92.5 Å². The third kappa shape index (κ3) is 2.66. The summed E-state index contributed by atoms with van der Waals surface area (Å²) >= 11 is 0. The average molecular weight is 221 g/mol. The lowest BCUT2D eigenvalue weighted by atomic mass is 10.1. The summed E-state index contributed by atoms with van der Waals surface area (Å²) in [5.74, 6) is -0.511. The first-order chi connectivity index (χ1) is 7.56. The van der Waals surface area contributed by atoms with Crippen molar-refractivity contribution < 1.29 is 14.5 Å². The molecule has 0 saturated heterocycles. The number of carbonyl (C=O) groups is 1. The van der Waals surface area contributed by atoms with Gasteiger partial charge in [0.15, 0.2) is 6.10 Å². The van der Waals surface area contributed by atoms with E-state index in [9.17, 15) is 14.9 Å². The van der Waals surface area contributed by atoms with Crippen LogP contribution in [-0.4, -0.2) is 10.9 Å². The molecule has 5 heteroatoms. The molecule has 0 aliphatic heterocycles. The molecule has 0 amide bonds. The van der Waals surface area contributed by atoms with Gasteiger partial charge in [-0.05, 0) is 12.1 Å². The standard InChI is InChI=1S/C11H11NO4/c1-3-11(16-8(2)13)9-6-4-5-7-10(9)12(14)15/h3-7,11H,1H2,2H3. The number of nitrogens with zero attached hydrogens (tertiary/aromatic N) is 1. The van der Waals surface area contributed by atoms with Crippen molar-refractivity contribution in [2.24, 2.45) is 0 Å². The molecule has 1 unspecified atom stereocenters. The molecule has 0 N–H and O–H groups in total. The number of nitro benzene ring substituents is 1.